The zero-order chi connectivity index (χ0) is 18.2. The quantitative estimate of drug-likeness (QED) is 0.642. The minimum atomic E-state index is -0.133. The fourth-order valence-corrected chi connectivity index (χ4v) is 4.12. The summed E-state index contributed by atoms with van der Waals surface area (Å²) in [5, 5.41) is 0. The Bertz CT molecular complexity index is 509. The highest BCUT2D eigenvalue weighted by molar-refractivity contribution is 5.83. The van der Waals surface area contributed by atoms with Crippen LogP contribution in [0.1, 0.15) is 58.8 Å². The van der Waals surface area contributed by atoms with E-state index < -0.39 is 0 Å². The van der Waals surface area contributed by atoms with Crippen molar-refractivity contribution in [2.24, 2.45) is 11.3 Å². The van der Waals surface area contributed by atoms with Crippen molar-refractivity contribution >= 4 is 11.8 Å². The van der Waals surface area contributed by atoms with E-state index in [1.165, 1.54) is 32.1 Å². The first kappa shape index (κ1) is 18.7. The van der Waals surface area contributed by atoms with Gasteiger partial charge in [-0.1, -0.05) is 13.3 Å². The highest BCUT2D eigenvalue weighted by Crippen LogP contribution is 2.41. The molecule has 0 aromatic rings. The molecule has 25 heavy (non-hydrogen) atoms. The molecule has 3 aliphatic rings. The standard InChI is InChI=1S/C20H35N3O2/c1-15(16-6-7-16)23(17-8-9-17)18(24)14-21(3)12-13-22(4)19(25)20(2)10-5-11-20/h15-17H,5-14H2,1-4H3. The summed E-state index contributed by atoms with van der Waals surface area (Å²) in [6, 6.07) is 0.885. The Balaban J connectivity index is 1.44. The second kappa shape index (κ2) is 7.26. The fourth-order valence-electron chi connectivity index (χ4n) is 4.12. The third-order valence-corrected chi connectivity index (χ3v) is 6.51. The monoisotopic (exact) mass is 349 g/mol. The maximum Gasteiger partial charge on any atom is 0.237 e. The van der Waals surface area contributed by atoms with E-state index in [1.807, 2.05) is 19.0 Å². The van der Waals surface area contributed by atoms with Crippen LogP contribution >= 0.6 is 0 Å². The zero-order valence-corrected chi connectivity index (χ0v) is 16.5. The number of hydrogen-bond donors (Lipinski definition) is 0. The van der Waals surface area contributed by atoms with Gasteiger partial charge in [-0.25, -0.2) is 0 Å². The molecule has 3 aliphatic carbocycles. The molecule has 0 spiro atoms. The van der Waals surface area contributed by atoms with Gasteiger partial charge in [0.05, 0.1) is 6.54 Å². The zero-order valence-electron chi connectivity index (χ0n) is 16.5. The van der Waals surface area contributed by atoms with Crippen molar-refractivity contribution in [3.05, 3.63) is 0 Å². The van der Waals surface area contributed by atoms with E-state index in [-0.39, 0.29) is 17.2 Å². The molecule has 0 bridgehead atoms. The predicted octanol–water partition coefficient (Wildman–Crippen LogP) is 2.36. The Hall–Kier alpha value is -1.10. The van der Waals surface area contributed by atoms with Crippen LogP contribution < -0.4 is 0 Å². The molecule has 1 unspecified atom stereocenters. The number of amides is 2. The number of rotatable bonds is 9. The van der Waals surface area contributed by atoms with Crippen molar-refractivity contribution in [3.8, 4) is 0 Å². The van der Waals surface area contributed by atoms with Crippen LogP contribution in [0.15, 0.2) is 0 Å². The van der Waals surface area contributed by atoms with E-state index in [2.05, 4.69) is 23.6 Å². The van der Waals surface area contributed by atoms with Gasteiger partial charge < -0.3 is 9.80 Å². The minimum absolute atomic E-state index is 0.133. The van der Waals surface area contributed by atoms with Crippen molar-refractivity contribution in [3.63, 3.8) is 0 Å². The first-order chi connectivity index (χ1) is 11.8. The summed E-state index contributed by atoms with van der Waals surface area (Å²) in [4.78, 5) is 31.4. The second-order valence-electron chi connectivity index (χ2n) is 8.99. The lowest BCUT2D eigenvalue weighted by Gasteiger charge is -2.40. The Morgan fingerprint density at radius 3 is 2.20 bits per heavy atom. The summed E-state index contributed by atoms with van der Waals surface area (Å²) in [5.41, 5.74) is -0.133. The first-order valence-corrected chi connectivity index (χ1v) is 10.1. The minimum Gasteiger partial charge on any atom is -0.344 e. The lowest BCUT2D eigenvalue weighted by molar-refractivity contribution is -0.144. The second-order valence-corrected chi connectivity index (χ2v) is 8.99. The van der Waals surface area contributed by atoms with Gasteiger partial charge in [-0.15, -0.1) is 0 Å². The molecule has 0 saturated heterocycles. The van der Waals surface area contributed by atoms with E-state index in [1.54, 1.807) is 0 Å². The SMILES string of the molecule is CC(C1CC1)N(C(=O)CN(C)CCN(C)C(=O)C1(C)CCC1)C1CC1. The average molecular weight is 350 g/mol. The molecule has 142 valence electrons. The van der Waals surface area contributed by atoms with Crippen LogP contribution in [0.5, 0.6) is 0 Å². The van der Waals surface area contributed by atoms with Gasteiger partial charge >= 0.3 is 0 Å². The molecule has 0 radical (unpaired) electrons. The summed E-state index contributed by atoms with van der Waals surface area (Å²) in [7, 11) is 3.89. The molecular weight excluding hydrogens is 314 g/mol. The number of nitrogens with zero attached hydrogens (tertiary/aromatic N) is 3. The van der Waals surface area contributed by atoms with Gasteiger partial charge in [-0.3, -0.25) is 14.5 Å². The summed E-state index contributed by atoms with van der Waals surface area (Å²) in [6.07, 6.45) is 8.09. The lowest BCUT2D eigenvalue weighted by Crippen LogP contribution is -2.48. The number of carbonyl (C=O) groups excluding carboxylic acids is 2. The average Bonchev–Trinajstić information content (AvgIpc) is 3.41. The molecule has 5 nitrogen and oxygen atoms in total. The van der Waals surface area contributed by atoms with E-state index in [4.69, 9.17) is 0 Å². The highest BCUT2D eigenvalue weighted by atomic mass is 16.2. The molecule has 0 aromatic carbocycles. The van der Waals surface area contributed by atoms with Gasteiger partial charge in [0.25, 0.3) is 0 Å². The molecule has 3 fully saturated rings. The molecule has 2 amide bonds. The van der Waals surface area contributed by atoms with Crippen molar-refractivity contribution in [1.82, 2.24) is 14.7 Å². The van der Waals surface area contributed by atoms with Crippen molar-refractivity contribution in [1.29, 1.82) is 0 Å². The third kappa shape index (κ3) is 4.36. The Labute approximate surface area is 152 Å². The third-order valence-electron chi connectivity index (χ3n) is 6.51. The topological polar surface area (TPSA) is 43.9 Å². The van der Waals surface area contributed by atoms with Crippen molar-refractivity contribution in [2.75, 3.05) is 33.7 Å². The molecule has 0 N–H and O–H groups in total. The molecular formula is C20H35N3O2. The number of hydrogen-bond acceptors (Lipinski definition) is 3. The summed E-state index contributed by atoms with van der Waals surface area (Å²) < 4.78 is 0. The summed E-state index contributed by atoms with van der Waals surface area (Å²) in [5.74, 6) is 1.26. The summed E-state index contributed by atoms with van der Waals surface area (Å²) in [6.45, 7) is 6.21. The maximum absolute atomic E-state index is 12.8. The molecule has 5 heteroatoms. The lowest BCUT2D eigenvalue weighted by atomic mass is 9.69. The van der Waals surface area contributed by atoms with Gasteiger partial charge in [0.1, 0.15) is 0 Å². The van der Waals surface area contributed by atoms with Crippen LogP contribution in [0.4, 0.5) is 0 Å². The van der Waals surface area contributed by atoms with E-state index in [0.717, 1.165) is 25.3 Å². The van der Waals surface area contributed by atoms with Crippen LogP contribution in [0.3, 0.4) is 0 Å². The Morgan fingerprint density at radius 2 is 1.72 bits per heavy atom. The predicted molar refractivity (Wildman–Crippen MR) is 99.1 cm³/mol. The van der Waals surface area contributed by atoms with Crippen LogP contribution in [0.2, 0.25) is 0 Å². The van der Waals surface area contributed by atoms with Gasteiger partial charge in [-0.05, 0) is 58.4 Å². The van der Waals surface area contributed by atoms with Gasteiger partial charge in [0.15, 0.2) is 0 Å². The number of carbonyl (C=O) groups is 2. The van der Waals surface area contributed by atoms with Crippen LogP contribution in [0.25, 0.3) is 0 Å². The Kier molecular flexibility index (Phi) is 5.42. The van der Waals surface area contributed by atoms with E-state index >= 15 is 0 Å². The fraction of sp³-hybridized carbons (Fsp3) is 0.900. The van der Waals surface area contributed by atoms with Crippen LogP contribution in [-0.4, -0.2) is 72.3 Å². The smallest absolute Gasteiger partial charge is 0.237 e. The van der Waals surface area contributed by atoms with Crippen LogP contribution in [0, 0.1) is 11.3 Å². The van der Waals surface area contributed by atoms with E-state index in [9.17, 15) is 9.59 Å². The largest absolute Gasteiger partial charge is 0.344 e. The highest BCUT2D eigenvalue weighted by Gasteiger charge is 2.42. The van der Waals surface area contributed by atoms with Gasteiger partial charge in [0, 0.05) is 37.6 Å². The Morgan fingerprint density at radius 1 is 1.08 bits per heavy atom. The molecule has 0 aromatic heterocycles. The van der Waals surface area contributed by atoms with Gasteiger partial charge in [0.2, 0.25) is 11.8 Å². The molecule has 0 heterocycles. The van der Waals surface area contributed by atoms with Gasteiger partial charge in [-0.2, -0.15) is 0 Å². The van der Waals surface area contributed by atoms with Crippen molar-refractivity contribution in [2.45, 2.75) is 70.9 Å². The molecule has 0 aliphatic heterocycles. The molecule has 3 rings (SSSR count). The summed E-state index contributed by atoms with van der Waals surface area (Å²) >= 11 is 0. The number of likely N-dealkylation sites (N-methyl/N-ethyl adjacent to an activating group) is 2. The maximum atomic E-state index is 12.8. The normalized spacial score (nSPS) is 23.1. The van der Waals surface area contributed by atoms with E-state index in [0.29, 0.717) is 25.2 Å². The van der Waals surface area contributed by atoms with Crippen LogP contribution in [-0.2, 0) is 9.59 Å². The van der Waals surface area contributed by atoms with Crippen molar-refractivity contribution < 1.29 is 9.59 Å². The molecule has 1 atom stereocenters. The molecule has 3 saturated carbocycles. The first-order valence-electron chi connectivity index (χ1n) is 10.1.